The maximum absolute atomic E-state index is 6.13. The summed E-state index contributed by atoms with van der Waals surface area (Å²) >= 11 is 12.1. The molecule has 0 fully saturated rings. The number of benzene rings is 1. The summed E-state index contributed by atoms with van der Waals surface area (Å²) in [4.78, 5) is 4.35. The van der Waals surface area contributed by atoms with Crippen molar-refractivity contribution in [3.63, 3.8) is 0 Å². The Balaban J connectivity index is 2.36. The Bertz CT molecular complexity index is 509. The Kier molecular flexibility index (Phi) is 4.00. The summed E-state index contributed by atoms with van der Waals surface area (Å²) in [5.74, 6) is 0. The van der Waals surface area contributed by atoms with Crippen LogP contribution in [0, 0.1) is 0 Å². The van der Waals surface area contributed by atoms with Crippen LogP contribution >= 0.6 is 23.2 Å². The van der Waals surface area contributed by atoms with Crippen molar-refractivity contribution in [3.8, 4) is 11.1 Å². The van der Waals surface area contributed by atoms with Crippen LogP contribution in [0.15, 0.2) is 36.5 Å². The number of nitrogens with one attached hydrogen (secondary N) is 1. The van der Waals surface area contributed by atoms with Gasteiger partial charge in [0, 0.05) is 33.9 Å². The van der Waals surface area contributed by atoms with Crippen LogP contribution < -0.4 is 5.32 Å². The van der Waals surface area contributed by atoms with Crippen molar-refractivity contribution in [2.24, 2.45) is 0 Å². The van der Waals surface area contributed by atoms with E-state index in [9.17, 15) is 0 Å². The maximum atomic E-state index is 6.13. The Morgan fingerprint density at radius 2 is 2.00 bits per heavy atom. The fourth-order valence-corrected chi connectivity index (χ4v) is 1.99. The predicted octanol–water partition coefficient (Wildman–Crippen LogP) is 3.77. The van der Waals surface area contributed by atoms with Crippen molar-refractivity contribution in [2.45, 2.75) is 6.54 Å². The minimum atomic E-state index is 0.670. The van der Waals surface area contributed by atoms with Gasteiger partial charge in [0.2, 0.25) is 0 Å². The van der Waals surface area contributed by atoms with Gasteiger partial charge in [0.15, 0.2) is 0 Å². The van der Waals surface area contributed by atoms with Crippen molar-refractivity contribution < 1.29 is 0 Å². The smallest absolute Gasteiger partial charge is 0.0542 e. The molecule has 0 bridgehead atoms. The SMILES string of the molecule is CNCc1ccc(-c2cc(Cl)ccc2Cl)cn1. The number of hydrogen-bond acceptors (Lipinski definition) is 2. The molecule has 0 saturated heterocycles. The molecular weight excluding hydrogens is 255 g/mol. The zero-order chi connectivity index (χ0) is 12.3. The molecule has 0 aliphatic heterocycles. The highest BCUT2D eigenvalue weighted by molar-refractivity contribution is 6.35. The molecule has 88 valence electrons. The molecule has 1 heterocycles. The van der Waals surface area contributed by atoms with E-state index in [1.54, 1.807) is 12.1 Å². The zero-order valence-electron chi connectivity index (χ0n) is 9.37. The van der Waals surface area contributed by atoms with Crippen LogP contribution in [0.1, 0.15) is 5.69 Å². The molecule has 0 atom stereocenters. The van der Waals surface area contributed by atoms with E-state index in [4.69, 9.17) is 23.2 Å². The molecule has 0 aliphatic carbocycles. The maximum Gasteiger partial charge on any atom is 0.0542 e. The lowest BCUT2D eigenvalue weighted by molar-refractivity contribution is 0.791. The highest BCUT2D eigenvalue weighted by atomic mass is 35.5. The van der Waals surface area contributed by atoms with Crippen LogP contribution in [0.25, 0.3) is 11.1 Å². The molecule has 1 N–H and O–H groups in total. The average molecular weight is 267 g/mol. The van der Waals surface area contributed by atoms with E-state index in [2.05, 4.69) is 10.3 Å². The highest BCUT2D eigenvalue weighted by Crippen LogP contribution is 2.29. The van der Waals surface area contributed by atoms with Gasteiger partial charge >= 0.3 is 0 Å². The van der Waals surface area contributed by atoms with E-state index in [1.165, 1.54) is 0 Å². The largest absolute Gasteiger partial charge is 0.314 e. The molecule has 1 aromatic carbocycles. The van der Waals surface area contributed by atoms with Crippen molar-refractivity contribution in [3.05, 3.63) is 52.3 Å². The normalized spacial score (nSPS) is 10.5. The Morgan fingerprint density at radius 1 is 1.18 bits per heavy atom. The number of hydrogen-bond donors (Lipinski definition) is 1. The highest BCUT2D eigenvalue weighted by Gasteiger charge is 2.05. The van der Waals surface area contributed by atoms with Crippen molar-refractivity contribution in [1.82, 2.24) is 10.3 Å². The number of pyridine rings is 1. The predicted molar refractivity (Wildman–Crippen MR) is 72.5 cm³/mol. The molecule has 0 aliphatic rings. The molecule has 2 rings (SSSR count). The van der Waals surface area contributed by atoms with Crippen molar-refractivity contribution in [1.29, 1.82) is 0 Å². The molecule has 4 heteroatoms. The van der Waals surface area contributed by atoms with E-state index in [1.807, 2.05) is 31.4 Å². The molecule has 0 spiro atoms. The van der Waals surface area contributed by atoms with Gasteiger partial charge in [0.25, 0.3) is 0 Å². The Morgan fingerprint density at radius 3 is 2.65 bits per heavy atom. The lowest BCUT2D eigenvalue weighted by Gasteiger charge is -2.06. The molecule has 17 heavy (non-hydrogen) atoms. The minimum Gasteiger partial charge on any atom is -0.314 e. The monoisotopic (exact) mass is 266 g/mol. The standard InChI is InChI=1S/C13H12Cl2N2/c1-16-8-11-4-2-9(7-17-11)12-6-10(14)3-5-13(12)15/h2-7,16H,8H2,1H3. The van der Waals surface area contributed by atoms with Gasteiger partial charge in [-0.3, -0.25) is 4.98 Å². The first-order valence-corrected chi connectivity index (χ1v) is 6.01. The van der Waals surface area contributed by atoms with E-state index < -0.39 is 0 Å². The van der Waals surface area contributed by atoms with Crippen molar-refractivity contribution in [2.75, 3.05) is 7.05 Å². The lowest BCUT2D eigenvalue weighted by atomic mass is 10.1. The van der Waals surface area contributed by atoms with Crippen molar-refractivity contribution >= 4 is 23.2 Å². The fourth-order valence-electron chi connectivity index (χ4n) is 1.59. The lowest BCUT2D eigenvalue weighted by Crippen LogP contribution is -2.06. The topological polar surface area (TPSA) is 24.9 Å². The molecule has 0 radical (unpaired) electrons. The van der Waals surface area contributed by atoms with E-state index in [0.717, 1.165) is 23.4 Å². The number of halogens is 2. The minimum absolute atomic E-state index is 0.670. The molecule has 0 unspecified atom stereocenters. The summed E-state index contributed by atoms with van der Waals surface area (Å²) in [6.07, 6.45) is 1.81. The third-order valence-corrected chi connectivity index (χ3v) is 2.99. The molecule has 2 aromatic rings. The van der Waals surface area contributed by atoms with E-state index >= 15 is 0 Å². The van der Waals surface area contributed by atoms with Gasteiger partial charge in [-0.2, -0.15) is 0 Å². The van der Waals surface area contributed by atoms with Gasteiger partial charge < -0.3 is 5.32 Å². The van der Waals surface area contributed by atoms with Gasteiger partial charge in [-0.25, -0.2) is 0 Å². The van der Waals surface area contributed by atoms with Gasteiger partial charge in [0.1, 0.15) is 0 Å². The van der Waals surface area contributed by atoms with Gasteiger partial charge in [0.05, 0.1) is 5.69 Å². The van der Waals surface area contributed by atoms with Crippen LogP contribution in [0.3, 0.4) is 0 Å². The van der Waals surface area contributed by atoms with Crippen LogP contribution in [0.5, 0.6) is 0 Å². The molecular formula is C13H12Cl2N2. The second kappa shape index (κ2) is 5.50. The summed E-state index contributed by atoms with van der Waals surface area (Å²) in [6, 6.07) is 9.38. The number of aromatic nitrogens is 1. The van der Waals surface area contributed by atoms with Crippen LogP contribution in [0.4, 0.5) is 0 Å². The zero-order valence-corrected chi connectivity index (χ0v) is 10.9. The number of nitrogens with zero attached hydrogens (tertiary/aromatic N) is 1. The molecule has 0 saturated carbocycles. The summed E-state index contributed by atoms with van der Waals surface area (Å²) < 4.78 is 0. The van der Waals surface area contributed by atoms with Gasteiger partial charge in [-0.05, 0) is 31.3 Å². The van der Waals surface area contributed by atoms with Gasteiger partial charge in [-0.15, -0.1) is 0 Å². The fraction of sp³-hybridized carbons (Fsp3) is 0.154. The molecule has 2 nitrogen and oxygen atoms in total. The van der Waals surface area contributed by atoms with E-state index in [-0.39, 0.29) is 0 Å². The first kappa shape index (κ1) is 12.4. The van der Waals surface area contributed by atoms with E-state index in [0.29, 0.717) is 10.0 Å². The second-order valence-corrected chi connectivity index (χ2v) is 4.54. The Hall–Kier alpha value is -1.09. The van der Waals surface area contributed by atoms with Crippen LogP contribution in [-0.4, -0.2) is 12.0 Å². The average Bonchev–Trinajstić information content (AvgIpc) is 2.34. The first-order valence-electron chi connectivity index (χ1n) is 5.25. The first-order chi connectivity index (χ1) is 8.20. The number of rotatable bonds is 3. The molecule has 1 aromatic heterocycles. The summed E-state index contributed by atoms with van der Waals surface area (Å²) in [5.41, 5.74) is 2.87. The Labute approximate surface area is 111 Å². The third-order valence-electron chi connectivity index (χ3n) is 2.42. The quantitative estimate of drug-likeness (QED) is 0.915. The molecule has 0 amide bonds. The third kappa shape index (κ3) is 2.97. The van der Waals surface area contributed by atoms with Crippen LogP contribution in [0.2, 0.25) is 10.0 Å². The summed E-state index contributed by atoms with van der Waals surface area (Å²) in [6.45, 7) is 0.754. The van der Waals surface area contributed by atoms with Crippen LogP contribution in [-0.2, 0) is 6.54 Å². The summed E-state index contributed by atoms with van der Waals surface area (Å²) in [5, 5.41) is 4.40. The second-order valence-electron chi connectivity index (χ2n) is 3.69. The van der Waals surface area contributed by atoms with Gasteiger partial charge in [-0.1, -0.05) is 29.3 Å². The summed E-state index contributed by atoms with van der Waals surface area (Å²) in [7, 11) is 1.89.